The first kappa shape index (κ1) is 17.0. The zero-order valence-corrected chi connectivity index (χ0v) is 14.4. The molecule has 0 saturated carbocycles. The Balaban J connectivity index is 1.74. The molecule has 0 atom stereocenters. The van der Waals surface area contributed by atoms with Crippen molar-refractivity contribution in [2.75, 3.05) is 37.4 Å². The lowest BCUT2D eigenvalue weighted by Crippen LogP contribution is -2.42. The van der Waals surface area contributed by atoms with E-state index < -0.39 is 0 Å². The molecule has 1 saturated heterocycles. The molecular weight excluding hydrogens is 306 g/mol. The van der Waals surface area contributed by atoms with Gasteiger partial charge in [-0.1, -0.05) is 13.3 Å². The zero-order valence-electron chi connectivity index (χ0n) is 14.4. The number of anilines is 2. The summed E-state index contributed by atoms with van der Waals surface area (Å²) in [5.74, 6) is 1.42. The fourth-order valence-corrected chi connectivity index (χ4v) is 3.35. The van der Waals surface area contributed by atoms with Crippen molar-refractivity contribution in [1.82, 2.24) is 14.9 Å². The fourth-order valence-electron chi connectivity index (χ4n) is 3.35. The summed E-state index contributed by atoms with van der Waals surface area (Å²) >= 11 is 0. The van der Waals surface area contributed by atoms with Gasteiger partial charge >= 0.3 is 0 Å². The highest BCUT2D eigenvalue weighted by Gasteiger charge is 2.30. The second-order valence-corrected chi connectivity index (χ2v) is 6.53. The number of nitrogens with zero attached hydrogens (tertiary/aromatic N) is 3. The second-order valence-electron chi connectivity index (χ2n) is 6.53. The molecule has 1 fully saturated rings. The van der Waals surface area contributed by atoms with Gasteiger partial charge in [0.25, 0.3) is 0 Å². The van der Waals surface area contributed by atoms with E-state index in [-0.39, 0.29) is 11.8 Å². The van der Waals surface area contributed by atoms with Crippen LogP contribution in [-0.2, 0) is 22.5 Å². The minimum Gasteiger partial charge on any atom is -0.381 e. The van der Waals surface area contributed by atoms with Crippen molar-refractivity contribution in [3.63, 3.8) is 0 Å². The smallest absolute Gasteiger partial charge is 0.226 e. The number of carbonyl (C=O) groups excluding carboxylic acids is 1. The van der Waals surface area contributed by atoms with Gasteiger partial charge in [-0.25, -0.2) is 4.98 Å². The summed E-state index contributed by atoms with van der Waals surface area (Å²) in [5, 5.41) is 3.36. The lowest BCUT2D eigenvalue weighted by molar-refractivity contribution is -0.139. The number of unbranched alkanes of at least 4 members (excludes halogenated alkanes) is 1. The van der Waals surface area contributed by atoms with Gasteiger partial charge in [-0.15, -0.1) is 0 Å². The van der Waals surface area contributed by atoms with E-state index in [1.54, 1.807) is 0 Å². The summed E-state index contributed by atoms with van der Waals surface area (Å²) in [4.78, 5) is 23.5. The summed E-state index contributed by atoms with van der Waals surface area (Å²) in [7, 11) is 0. The molecule has 24 heavy (non-hydrogen) atoms. The zero-order chi connectivity index (χ0) is 16.9. The number of rotatable bonds is 5. The van der Waals surface area contributed by atoms with Crippen LogP contribution >= 0.6 is 0 Å². The van der Waals surface area contributed by atoms with E-state index in [1.807, 2.05) is 4.90 Å². The van der Waals surface area contributed by atoms with Gasteiger partial charge in [0.05, 0.1) is 12.2 Å². The maximum absolute atomic E-state index is 12.8. The molecule has 0 bridgehead atoms. The quantitative estimate of drug-likeness (QED) is 0.795. The summed E-state index contributed by atoms with van der Waals surface area (Å²) < 4.78 is 5.37. The van der Waals surface area contributed by atoms with E-state index in [1.165, 1.54) is 0 Å². The lowest BCUT2D eigenvalue weighted by Gasteiger charge is -2.33. The monoisotopic (exact) mass is 333 g/mol. The van der Waals surface area contributed by atoms with Crippen molar-refractivity contribution in [3.8, 4) is 0 Å². The topological polar surface area (TPSA) is 93.4 Å². The van der Waals surface area contributed by atoms with Gasteiger partial charge in [-0.05, 0) is 19.3 Å². The first-order valence-electron chi connectivity index (χ1n) is 8.94. The first-order chi connectivity index (χ1) is 11.7. The summed E-state index contributed by atoms with van der Waals surface area (Å²) in [6.45, 7) is 5.65. The molecule has 0 spiro atoms. The minimum atomic E-state index is 0.0894. The molecule has 3 heterocycles. The van der Waals surface area contributed by atoms with Gasteiger partial charge in [-0.3, -0.25) is 4.79 Å². The van der Waals surface area contributed by atoms with Crippen molar-refractivity contribution >= 4 is 17.7 Å². The third kappa shape index (κ3) is 3.77. The Kier molecular flexibility index (Phi) is 5.50. The number of nitrogens with one attached hydrogen (secondary N) is 1. The van der Waals surface area contributed by atoms with E-state index >= 15 is 0 Å². The van der Waals surface area contributed by atoms with Gasteiger partial charge in [0.15, 0.2) is 0 Å². The number of nitrogen functional groups attached to an aromatic ring is 1. The molecule has 132 valence electrons. The van der Waals surface area contributed by atoms with Crippen LogP contribution in [0.25, 0.3) is 0 Å². The highest BCUT2D eigenvalue weighted by Crippen LogP contribution is 2.27. The Labute approximate surface area is 143 Å². The van der Waals surface area contributed by atoms with Crippen LogP contribution in [0.4, 0.5) is 11.8 Å². The standard InChI is InChI=1S/C17H27N5O2/c1-2-3-7-19-15-13-11-22(8-4-14(13)20-17(18)21-15)16(23)12-5-9-24-10-6-12/h12H,2-11H2,1H3,(H3,18,19,20,21). The van der Waals surface area contributed by atoms with Crippen molar-refractivity contribution in [1.29, 1.82) is 0 Å². The van der Waals surface area contributed by atoms with Gasteiger partial charge < -0.3 is 20.7 Å². The van der Waals surface area contributed by atoms with Crippen LogP contribution in [0.2, 0.25) is 0 Å². The number of amides is 1. The molecule has 1 aromatic rings. The van der Waals surface area contributed by atoms with E-state index in [0.29, 0.717) is 32.3 Å². The Bertz CT molecular complexity index is 587. The molecule has 0 unspecified atom stereocenters. The molecule has 0 aromatic carbocycles. The Morgan fingerprint density at radius 3 is 2.92 bits per heavy atom. The average molecular weight is 333 g/mol. The number of hydrogen-bond acceptors (Lipinski definition) is 6. The molecule has 7 heteroatoms. The average Bonchev–Trinajstić information content (AvgIpc) is 2.61. The maximum atomic E-state index is 12.8. The predicted molar refractivity (Wildman–Crippen MR) is 92.5 cm³/mol. The normalized spacial score (nSPS) is 18.3. The second kappa shape index (κ2) is 7.79. The lowest BCUT2D eigenvalue weighted by atomic mass is 9.96. The van der Waals surface area contributed by atoms with Crippen LogP contribution < -0.4 is 11.1 Å². The van der Waals surface area contributed by atoms with Gasteiger partial charge in [0.2, 0.25) is 11.9 Å². The molecule has 1 amide bonds. The molecular formula is C17H27N5O2. The van der Waals surface area contributed by atoms with Gasteiger partial charge in [0.1, 0.15) is 5.82 Å². The predicted octanol–water partition coefficient (Wildman–Crippen LogP) is 1.58. The van der Waals surface area contributed by atoms with Crippen LogP contribution in [0.3, 0.4) is 0 Å². The number of carbonyl (C=O) groups is 1. The minimum absolute atomic E-state index is 0.0894. The van der Waals surface area contributed by atoms with Crippen molar-refractivity contribution in [2.45, 2.75) is 45.6 Å². The molecule has 1 aromatic heterocycles. The van der Waals surface area contributed by atoms with E-state index in [0.717, 1.165) is 55.7 Å². The van der Waals surface area contributed by atoms with E-state index in [4.69, 9.17) is 10.5 Å². The van der Waals surface area contributed by atoms with Crippen LogP contribution in [0.1, 0.15) is 43.9 Å². The van der Waals surface area contributed by atoms with Crippen molar-refractivity contribution in [2.24, 2.45) is 5.92 Å². The molecule has 0 aliphatic carbocycles. The first-order valence-corrected chi connectivity index (χ1v) is 8.94. The Morgan fingerprint density at radius 1 is 1.38 bits per heavy atom. The number of fused-ring (bicyclic) bond motifs is 1. The van der Waals surface area contributed by atoms with E-state index in [9.17, 15) is 4.79 Å². The molecule has 7 nitrogen and oxygen atoms in total. The SMILES string of the molecule is CCCCNc1nc(N)nc2c1CN(C(=O)C1CCOCC1)CC2. The number of hydrogen-bond donors (Lipinski definition) is 2. The Morgan fingerprint density at radius 2 is 2.17 bits per heavy atom. The van der Waals surface area contributed by atoms with Crippen LogP contribution in [0.15, 0.2) is 0 Å². The van der Waals surface area contributed by atoms with Gasteiger partial charge in [0, 0.05) is 44.2 Å². The highest BCUT2D eigenvalue weighted by atomic mass is 16.5. The maximum Gasteiger partial charge on any atom is 0.226 e. The largest absolute Gasteiger partial charge is 0.381 e. The number of nitrogens with two attached hydrogens (primary N) is 1. The Hall–Kier alpha value is -1.89. The van der Waals surface area contributed by atoms with Crippen LogP contribution in [0.5, 0.6) is 0 Å². The fraction of sp³-hybridized carbons (Fsp3) is 0.706. The van der Waals surface area contributed by atoms with E-state index in [2.05, 4.69) is 22.2 Å². The molecule has 3 N–H and O–H groups in total. The van der Waals surface area contributed by atoms with Crippen LogP contribution in [-0.4, -0.2) is 47.1 Å². The number of ether oxygens (including phenoxy) is 1. The third-order valence-electron chi connectivity index (χ3n) is 4.78. The van der Waals surface area contributed by atoms with Crippen LogP contribution in [0, 0.1) is 5.92 Å². The number of aromatic nitrogens is 2. The van der Waals surface area contributed by atoms with Crippen molar-refractivity contribution in [3.05, 3.63) is 11.3 Å². The molecule has 0 radical (unpaired) electrons. The molecule has 2 aliphatic rings. The van der Waals surface area contributed by atoms with Gasteiger partial charge in [-0.2, -0.15) is 4.98 Å². The molecule has 3 rings (SSSR count). The summed E-state index contributed by atoms with van der Waals surface area (Å²) in [5.41, 5.74) is 7.83. The highest BCUT2D eigenvalue weighted by molar-refractivity contribution is 5.79. The van der Waals surface area contributed by atoms with Crippen molar-refractivity contribution < 1.29 is 9.53 Å². The summed E-state index contributed by atoms with van der Waals surface area (Å²) in [6, 6.07) is 0. The molecule has 2 aliphatic heterocycles. The third-order valence-corrected chi connectivity index (χ3v) is 4.78. The summed E-state index contributed by atoms with van der Waals surface area (Å²) in [6.07, 6.45) is 4.57.